The van der Waals surface area contributed by atoms with Crippen LogP contribution in [0.1, 0.15) is 35.7 Å². The maximum Gasteiger partial charge on any atom is 0.266 e. The Hall–Kier alpha value is -3.94. The van der Waals surface area contributed by atoms with Crippen LogP contribution in [0.3, 0.4) is 0 Å². The van der Waals surface area contributed by atoms with Crippen molar-refractivity contribution in [1.29, 1.82) is 0 Å². The number of benzene rings is 3. The van der Waals surface area contributed by atoms with E-state index in [9.17, 15) is 14.7 Å². The first-order chi connectivity index (χ1) is 18.0. The Morgan fingerprint density at radius 3 is 2.59 bits per heavy atom. The number of fused-ring (bicyclic) bond motifs is 4. The standard InChI is InChI=1S/C30H28N2O5/c1-3-15-31-24-13-12-20(18-23(24)30(29(31)35)19(2)17-21(37-30)14-16-33)32-25-9-5-7-11-27(25)36-26-10-6-4-8-22(26)28(32)34/h3-13,18-19,21,33H,1,14-17H2,2H3/t19-,21+,30+/m0/s1. The predicted molar refractivity (Wildman–Crippen MR) is 140 cm³/mol. The molecule has 0 aliphatic carbocycles. The van der Waals surface area contributed by atoms with Crippen LogP contribution in [-0.4, -0.2) is 36.2 Å². The second kappa shape index (κ2) is 8.87. The van der Waals surface area contributed by atoms with Gasteiger partial charge in [0.1, 0.15) is 5.75 Å². The molecule has 0 aromatic heterocycles. The van der Waals surface area contributed by atoms with E-state index >= 15 is 0 Å². The molecule has 0 radical (unpaired) electrons. The molecular weight excluding hydrogens is 468 g/mol. The molecule has 1 spiro atoms. The van der Waals surface area contributed by atoms with E-state index in [0.29, 0.717) is 47.8 Å². The molecule has 3 aromatic rings. The van der Waals surface area contributed by atoms with Gasteiger partial charge in [0.25, 0.3) is 11.8 Å². The minimum Gasteiger partial charge on any atom is -0.454 e. The molecule has 3 aromatic carbocycles. The molecule has 0 bridgehead atoms. The highest BCUT2D eigenvalue weighted by Crippen LogP contribution is 2.55. The lowest BCUT2D eigenvalue weighted by Gasteiger charge is -2.29. The molecule has 3 atom stereocenters. The van der Waals surface area contributed by atoms with Crippen molar-refractivity contribution in [3.63, 3.8) is 0 Å². The summed E-state index contributed by atoms with van der Waals surface area (Å²) in [4.78, 5) is 31.2. The molecule has 1 N–H and O–H groups in total. The third-order valence-electron chi connectivity index (χ3n) is 7.56. The molecule has 1 fully saturated rings. The molecule has 188 valence electrons. The first kappa shape index (κ1) is 23.5. The number of ether oxygens (including phenoxy) is 2. The zero-order valence-corrected chi connectivity index (χ0v) is 20.6. The summed E-state index contributed by atoms with van der Waals surface area (Å²) in [5.41, 5.74) is 1.98. The average Bonchev–Trinajstić information content (AvgIpc) is 3.30. The van der Waals surface area contributed by atoms with Crippen LogP contribution in [0.25, 0.3) is 0 Å². The molecule has 0 unspecified atom stereocenters. The molecule has 7 heteroatoms. The zero-order chi connectivity index (χ0) is 25.7. The van der Waals surface area contributed by atoms with Gasteiger partial charge in [0.15, 0.2) is 11.4 Å². The van der Waals surface area contributed by atoms with E-state index in [0.717, 1.165) is 11.3 Å². The van der Waals surface area contributed by atoms with Crippen molar-refractivity contribution >= 4 is 28.9 Å². The van der Waals surface area contributed by atoms with Gasteiger partial charge in [-0.25, -0.2) is 0 Å². The number of hydrogen-bond donors (Lipinski definition) is 1. The van der Waals surface area contributed by atoms with Crippen LogP contribution in [0.4, 0.5) is 17.1 Å². The number of carbonyl (C=O) groups excluding carboxylic acids is 2. The van der Waals surface area contributed by atoms with Crippen molar-refractivity contribution in [2.75, 3.05) is 23.0 Å². The van der Waals surface area contributed by atoms with Gasteiger partial charge in [-0.1, -0.05) is 37.3 Å². The van der Waals surface area contributed by atoms with Gasteiger partial charge in [-0.15, -0.1) is 6.58 Å². The molecule has 3 aliphatic heterocycles. The van der Waals surface area contributed by atoms with E-state index in [2.05, 4.69) is 6.58 Å². The highest BCUT2D eigenvalue weighted by Gasteiger charge is 2.60. The lowest BCUT2D eigenvalue weighted by atomic mass is 9.82. The SMILES string of the molecule is C=CCN1C(=O)[C@]2(O[C@H](CCO)C[C@@H]2C)c2cc(N3C(=O)c4ccccc4Oc4ccccc43)ccc21. The Morgan fingerprint density at radius 2 is 1.81 bits per heavy atom. The number of para-hydroxylation sites is 3. The molecule has 6 rings (SSSR count). The number of hydrogen-bond acceptors (Lipinski definition) is 5. The highest BCUT2D eigenvalue weighted by atomic mass is 16.5. The highest BCUT2D eigenvalue weighted by molar-refractivity contribution is 6.15. The van der Waals surface area contributed by atoms with Crippen molar-refractivity contribution in [2.45, 2.75) is 31.5 Å². The zero-order valence-electron chi connectivity index (χ0n) is 20.6. The molecule has 2 amide bonds. The van der Waals surface area contributed by atoms with Gasteiger partial charge in [0, 0.05) is 30.3 Å². The minimum atomic E-state index is -1.18. The number of aliphatic hydroxyl groups excluding tert-OH is 1. The predicted octanol–water partition coefficient (Wildman–Crippen LogP) is 5.31. The van der Waals surface area contributed by atoms with Gasteiger partial charge >= 0.3 is 0 Å². The van der Waals surface area contributed by atoms with E-state index in [-0.39, 0.29) is 30.4 Å². The van der Waals surface area contributed by atoms with E-state index in [1.54, 1.807) is 28.0 Å². The largest absolute Gasteiger partial charge is 0.454 e. The smallest absolute Gasteiger partial charge is 0.266 e. The number of anilines is 3. The summed E-state index contributed by atoms with van der Waals surface area (Å²) in [6.45, 7) is 6.18. The summed E-state index contributed by atoms with van der Waals surface area (Å²) in [5.74, 6) is 0.585. The Kier molecular flexibility index (Phi) is 5.62. The summed E-state index contributed by atoms with van der Waals surface area (Å²) >= 11 is 0. The van der Waals surface area contributed by atoms with Crippen molar-refractivity contribution in [3.8, 4) is 11.5 Å². The lowest BCUT2D eigenvalue weighted by Crippen LogP contribution is -2.44. The maximum absolute atomic E-state index is 13.9. The van der Waals surface area contributed by atoms with Crippen LogP contribution < -0.4 is 14.5 Å². The number of rotatable bonds is 5. The van der Waals surface area contributed by atoms with Gasteiger partial charge in [-0.3, -0.25) is 14.5 Å². The van der Waals surface area contributed by atoms with Crippen LogP contribution >= 0.6 is 0 Å². The lowest BCUT2D eigenvalue weighted by molar-refractivity contribution is -0.146. The van der Waals surface area contributed by atoms with Crippen molar-refractivity contribution in [1.82, 2.24) is 0 Å². The Balaban J connectivity index is 1.53. The van der Waals surface area contributed by atoms with Gasteiger partial charge in [0.05, 0.1) is 23.0 Å². The van der Waals surface area contributed by atoms with Crippen LogP contribution in [0, 0.1) is 5.92 Å². The van der Waals surface area contributed by atoms with Crippen LogP contribution in [-0.2, 0) is 15.1 Å². The number of carbonyl (C=O) groups is 2. The Bertz CT molecular complexity index is 1420. The Labute approximate surface area is 215 Å². The molecular formula is C30H28N2O5. The van der Waals surface area contributed by atoms with Crippen LogP contribution in [0.5, 0.6) is 11.5 Å². The second-order valence-corrected chi connectivity index (χ2v) is 9.74. The molecule has 3 heterocycles. The summed E-state index contributed by atoms with van der Waals surface area (Å²) < 4.78 is 12.6. The van der Waals surface area contributed by atoms with Crippen LogP contribution in [0.2, 0.25) is 0 Å². The normalized spacial score (nSPS) is 23.9. The summed E-state index contributed by atoms with van der Waals surface area (Å²) in [6.07, 6.45) is 2.58. The monoisotopic (exact) mass is 496 g/mol. The fourth-order valence-electron chi connectivity index (χ4n) is 5.89. The third-order valence-corrected chi connectivity index (χ3v) is 7.56. The Morgan fingerprint density at radius 1 is 1.05 bits per heavy atom. The molecule has 1 saturated heterocycles. The second-order valence-electron chi connectivity index (χ2n) is 9.74. The average molecular weight is 497 g/mol. The number of amides is 2. The molecule has 7 nitrogen and oxygen atoms in total. The number of nitrogens with zero attached hydrogens (tertiary/aromatic N) is 2. The summed E-state index contributed by atoms with van der Waals surface area (Å²) in [7, 11) is 0. The van der Waals surface area contributed by atoms with Gasteiger partial charge in [-0.05, 0) is 55.3 Å². The third kappa shape index (κ3) is 3.42. The fourth-order valence-corrected chi connectivity index (χ4v) is 5.89. The molecule has 0 saturated carbocycles. The summed E-state index contributed by atoms with van der Waals surface area (Å²) in [5, 5.41) is 9.54. The van der Waals surface area contributed by atoms with Gasteiger partial charge in [0.2, 0.25) is 0 Å². The summed E-state index contributed by atoms with van der Waals surface area (Å²) in [6, 6.07) is 20.2. The van der Waals surface area contributed by atoms with E-state index in [1.165, 1.54) is 0 Å². The van der Waals surface area contributed by atoms with E-state index < -0.39 is 5.60 Å². The van der Waals surface area contributed by atoms with E-state index in [1.807, 2.05) is 61.5 Å². The molecule has 37 heavy (non-hydrogen) atoms. The minimum absolute atomic E-state index is 0.0105. The van der Waals surface area contributed by atoms with Crippen LogP contribution in [0.15, 0.2) is 79.4 Å². The van der Waals surface area contributed by atoms with E-state index in [4.69, 9.17) is 9.47 Å². The van der Waals surface area contributed by atoms with Gasteiger partial charge < -0.3 is 19.5 Å². The number of aliphatic hydroxyl groups is 1. The fraction of sp³-hybridized carbons (Fsp3) is 0.267. The maximum atomic E-state index is 13.9. The first-order valence-corrected chi connectivity index (χ1v) is 12.6. The quantitative estimate of drug-likeness (QED) is 0.485. The van der Waals surface area contributed by atoms with Crippen molar-refractivity contribution < 1.29 is 24.2 Å². The topological polar surface area (TPSA) is 79.3 Å². The first-order valence-electron chi connectivity index (χ1n) is 12.6. The molecule has 3 aliphatic rings. The van der Waals surface area contributed by atoms with Crippen molar-refractivity contribution in [2.24, 2.45) is 5.92 Å². The van der Waals surface area contributed by atoms with Gasteiger partial charge in [-0.2, -0.15) is 0 Å². The van der Waals surface area contributed by atoms with Crippen molar-refractivity contribution in [3.05, 3.63) is 90.5 Å².